The zero-order valence-electron chi connectivity index (χ0n) is 17.6. The average molecular weight is 482 g/mol. The first-order valence-corrected chi connectivity index (χ1v) is 13.8. The molecule has 3 heterocycles. The Bertz CT molecular complexity index is 1140. The second kappa shape index (κ2) is 9.34. The van der Waals surface area contributed by atoms with Gasteiger partial charge in [0.1, 0.15) is 5.76 Å². The van der Waals surface area contributed by atoms with Crippen molar-refractivity contribution in [3.8, 4) is 0 Å². The number of rotatable bonds is 7. The maximum Gasteiger partial charge on any atom is 0.242 e. The van der Waals surface area contributed by atoms with E-state index in [0.29, 0.717) is 5.76 Å². The molecule has 11 heteroatoms. The van der Waals surface area contributed by atoms with Gasteiger partial charge in [0.2, 0.25) is 26.0 Å². The minimum Gasteiger partial charge on any atom is -0.468 e. The molecule has 0 saturated carbocycles. The van der Waals surface area contributed by atoms with E-state index in [0.717, 1.165) is 43.1 Å². The molecule has 2 aromatic rings. The van der Waals surface area contributed by atoms with Crippen LogP contribution in [-0.4, -0.2) is 53.0 Å². The molecule has 0 spiro atoms. The van der Waals surface area contributed by atoms with Gasteiger partial charge in [0.15, 0.2) is 0 Å². The molecule has 1 aromatic carbocycles. The van der Waals surface area contributed by atoms with Crippen molar-refractivity contribution in [2.45, 2.75) is 43.0 Å². The fourth-order valence-electron chi connectivity index (χ4n) is 4.20. The molecule has 9 nitrogen and oxygen atoms in total. The molecule has 1 aromatic heterocycles. The van der Waals surface area contributed by atoms with Crippen LogP contribution in [0.3, 0.4) is 0 Å². The molecule has 174 valence electrons. The van der Waals surface area contributed by atoms with Gasteiger partial charge in [-0.3, -0.25) is 9.69 Å². The molecular formula is C21H27N3O6S2. The Hall–Kier alpha value is -2.21. The number of likely N-dealkylation sites (tertiary alicyclic amines) is 1. The number of nitrogens with one attached hydrogen (secondary N) is 1. The fourth-order valence-corrected chi connectivity index (χ4v) is 6.70. The van der Waals surface area contributed by atoms with Crippen molar-refractivity contribution in [2.24, 2.45) is 0 Å². The van der Waals surface area contributed by atoms with E-state index < -0.39 is 26.0 Å². The summed E-state index contributed by atoms with van der Waals surface area (Å²) in [5.41, 5.74) is 0.143. The third-order valence-corrected chi connectivity index (χ3v) is 9.01. The molecule has 0 bridgehead atoms. The highest BCUT2D eigenvalue weighted by Crippen LogP contribution is 2.27. The number of furan rings is 1. The number of amides is 1. The first-order chi connectivity index (χ1) is 15.3. The molecule has 2 fully saturated rings. The highest BCUT2D eigenvalue weighted by Gasteiger charge is 2.36. The molecule has 1 N–H and O–H groups in total. The minimum absolute atomic E-state index is 0.000597. The molecule has 0 aliphatic carbocycles. The number of sulfonamides is 2. The highest BCUT2D eigenvalue weighted by atomic mass is 32.2. The topological polar surface area (TPSA) is 117 Å². The molecule has 4 rings (SSSR count). The summed E-state index contributed by atoms with van der Waals surface area (Å²) in [4.78, 5) is 14.2. The number of hydrogen-bond acceptors (Lipinski definition) is 7. The molecule has 2 aliphatic rings. The Labute approximate surface area is 188 Å². The zero-order chi connectivity index (χ0) is 22.8. The standard InChI is InChI=1S/C21H27N3O6S2/c25-21-11-15-31(26,27)24(21)17-7-9-18(10-8-17)32(28,29)22-16-19(20-6-5-14-30-20)23-12-3-1-2-4-13-23/h5-10,14,19,22H,1-4,11-13,15-16H2/t19-/m1/s1. The van der Waals surface area contributed by atoms with Crippen LogP contribution in [0.5, 0.6) is 0 Å². The van der Waals surface area contributed by atoms with Gasteiger partial charge in [-0.25, -0.2) is 25.9 Å². The summed E-state index contributed by atoms with van der Waals surface area (Å²) in [5.74, 6) is -0.0434. The number of nitrogens with zero attached hydrogens (tertiary/aromatic N) is 2. The largest absolute Gasteiger partial charge is 0.468 e. The van der Waals surface area contributed by atoms with E-state index >= 15 is 0 Å². The van der Waals surface area contributed by atoms with Gasteiger partial charge in [0, 0.05) is 13.0 Å². The van der Waals surface area contributed by atoms with Gasteiger partial charge in [-0.15, -0.1) is 0 Å². The lowest BCUT2D eigenvalue weighted by Crippen LogP contribution is -2.38. The van der Waals surface area contributed by atoms with Crippen molar-refractivity contribution >= 4 is 31.6 Å². The maximum absolute atomic E-state index is 12.9. The third-order valence-electron chi connectivity index (χ3n) is 5.88. The SMILES string of the molecule is O=C1CCS(=O)(=O)N1c1ccc(S(=O)(=O)NC[C@H](c2ccco2)N2CCCCCC2)cc1. The Morgan fingerprint density at radius 3 is 2.28 bits per heavy atom. The Morgan fingerprint density at radius 1 is 1.03 bits per heavy atom. The van der Waals surface area contributed by atoms with Crippen LogP contribution < -0.4 is 9.03 Å². The van der Waals surface area contributed by atoms with Crippen LogP contribution in [0.25, 0.3) is 0 Å². The van der Waals surface area contributed by atoms with E-state index in [1.54, 1.807) is 12.3 Å². The van der Waals surface area contributed by atoms with Crippen LogP contribution >= 0.6 is 0 Å². The fraction of sp³-hybridized carbons (Fsp3) is 0.476. The number of carbonyl (C=O) groups is 1. The lowest BCUT2D eigenvalue weighted by atomic mass is 10.2. The Balaban J connectivity index is 1.50. The first kappa shape index (κ1) is 23.0. The summed E-state index contributed by atoms with van der Waals surface area (Å²) in [6.45, 7) is 1.90. The van der Waals surface area contributed by atoms with Crippen molar-refractivity contribution < 1.29 is 26.0 Å². The number of benzene rings is 1. The van der Waals surface area contributed by atoms with E-state index in [4.69, 9.17) is 4.42 Å². The summed E-state index contributed by atoms with van der Waals surface area (Å²) in [5, 5.41) is 0. The summed E-state index contributed by atoms with van der Waals surface area (Å²) < 4.78 is 59.0. The van der Waals surface area contributed by atoms with Crippen LogP contribution in [0, 0.1) is 0 Å². The highest BCUT2D eigenvalue weighted by molar-refractivity contribution is 7.94. The van der Waals surface area contributed by atoms with Crippen LogP contribution in [0.15, 0.2) is 52.0 Å². The van der Waals surface area contributed by atoms with Gasteiger partial charge in [0.05, 0.1) is 28.6 Å². The Morgan fingerprint density at radius 2 is 1.72 bits per heavy atom. The number of hydrogen-bond donors (Lipinski definition) is 1. The van der Waals surface area contributed by atoms with Crippen molar-refractivity contribution in [1.29, 1.82) is 0 Å². The zero-order valence-corrected chi connectivity index (χ0v) is 19.3. The van der Waals surface area contributed by atoms with Crippen LogP contribution in [0.4, 0.5) is 5.69 Å². The maximum atomic E-state index is 12.9. The molecule has 1 amide bonds. The van der Waals surface area contributed by atoms with Gasteiger partial charge in [-0.1, -0.05) is 12.8 Å². The van der Waals surface area contributed by atoms with Gasteiger partial charge < -0.3 is 4.42 Å². The van der Waals surface area contributed by atoms with E-state index in [-0.39, 0.29) is 35.3 Å². The van der Waals surface area contributed by atoms with Crippen LogP contribution in [0.2, 0.25) is 0 Å². The lowest BCUT2D eigenvalue weighted by molar-refractivity contribution is -0.116. The monoisotopic (exact) mass is 481 g/mol. The smallest absolute Gasteiger partial charge is 0.242 e. The van der Waals surface area contributed by atoms with Gasteiger partial charge >= 0.3 is 0 Å². The second-order valence-electron chi connectivity index (χ2n) is 8.05. The normalized spacial score (nSPS) is 20.9. The predicted octanol–water partition coefficient (Wildman–Crippen LogP) is 2.24. The average Bonchev–Trinajstić information content (AvgIpc) is 3.28. The summed E-state index contributed by atoms with van der Waals surface area (Å²) in [6.07, 6.45) is 5.95. The first-order valence-electron chi connectivity index (χ1n) is 10.7. The number of anilines is 1. The predicted molar refractivity (Wildman–Crippen MR) is 119 cm³/mol. The van der Waals surface area contributed by atoms with Crippen LogP contribution in [0.1, 0.15) is 43.9 Å². The lowest BCUT2D eigenvalue weighted by Gasteiger charge is -2.29. The molecule has 2 saturated heterocycles. The molecule has 32 heavy (non-hydrogen) atoms. The van der Waals surface area contributed by atoms with Crippen molar-refractivity contribution in [2.75, 3.05) is 29.7 Å². The Kier molecular flexibility index (Phi) is 6.70. The van der Waals surface area contributed by atoms with Crippen molar-refractivity contribution in [1.82, 2.24) is 9.62 Å². The summed E-state index contributed by atoms with van der Waals surface area (Å²) in [6, 6.07) is 8.74. The molecule has 0 radical (unpaired) electrons. The summed E-state index contributed by atoms with van der Waals surface area (Å²) in [7, 11) is -7.54. The molecule has 1 atom stereocenters. The number of carbonyl (C=O) groups excluding carboxylic acids is 1. The van der Waals surface area contributed by atoms with E-state index in [9.17, 15) is 21.6 Å². The van der Waals surface area contributed by atoms with Crippen LogP contribution in [-0.2, 0) is 24.8 Å². The molecular weight excluding hydrogens is 454 g/mol. The van der Waals surface area contributed by atoms with E-state index in [2.05, 4.69) is 9.62 Å². The van der Waals surface area contributed by atoms with Gasteiger partial charge in [0.25, 0.3) is 0 Å². The minimum atomic E-state index is -3.85. The van der Waals surface area contributed by atoms with Crippen molar-refractivity contribution in [3.05, 3.63) is 48.4 Å². The van der Waals surface area contributed by atoms with E-state index in [1.165, 1.54) is 24.3 Å². The summed E-state index contributed by atoms with van der Waals surface area (Å²) >= 11 is 0. The van der Waals surface area contributed by atoms with Gasteiger partial charge in [-0.2, -0.15) is 0 Å². The third kappa shape index (κ3) is 4.90. The second-order valence-corrected chi connectivity index (χ2v) is 11.8. The molecule has 2 aliphatic heterocycles. The van der Waals surface area contributed by atoms with Crippen molar-refractivity contribution in [3.63, 3.8) is 0 Å². The van der Waals surface area contributed by atoms with Gasteiger partial charge in [-0.05, 0) is 62.3 Å². The van der Waals surface area contributed by atoms with E-state index in [1.807, 2.05) is 6.07 Å². The quantitative estimate of drug-likeness (QED) is 0.644. The molecule has 0 unspecified atom stereocenters.